The van der Waals surface area contributed by atoms with Gasteiger partial charge in [0.25, 0.3) is 0 Å². The van der Waals surface area contributed by atoms with Gasteiger partial charge in [0.15, 0.2) is 5.96 Å². The zero-order valence-electron chi connectivity index (χ0n) is 13.3. The van der Waals surface area contributed by atoms with E-state index in [1.54, 1.807) is 11.3 Å². The molecule has 0 saturated heterocycles. The Balaban J connectivity index is 0.00000242. The highest BCUT2D eigenvalue weighted by Crippen LogP contribution is 2.10. The van der Waals surface area contributed by atoms with Crippen LogP contribution in [0.2, 0.25) is 0 Å². The van der Waals surface area contributed by atoms with Crippen LogP contribution in [-0.4, -0.2) is 19.6 Å². The van der Waals surface area contributed by atoms with Crippen LogP contribution in [0.15, 0.2) is 40.7 Å². The van der Waals surface area contributed by atoms with E-state index < -0.39 is 0 Å². The first-order valence-corrected chi connectivity index (χ1v) is 8.10. The first-order chi connectivity index (χ1) is 10.2. The van der Waals surface area contributed by atoms with Gasteiger partial charge in [0.2, 0.25) is 0 Å². The number of hydrogen-bond acceptors (Lipinski definition) is 2. The van der Waals surface area contributed by atoms with Gasteiger partial charge >= 0.3 is 0 Å². The Morgan fingerprint density at radius 1 is 1.18 bits per heavy atom. The van der Waals surface area contributed by atoms with Gasteiger partial charge in [-0.25, -0.2) is 0 Å². The quantitative estimate of drug-likeness (QED) is 0.430. The van der Waals surface area contributed by atoms with Crippen molar-refractivity contribution in [2.24, 2.45) is 4.99 Å². The number of benzene rings is 1. The molecule has 0 aliphatic heterocycles. The maximum Gasteiger partial charge on any atom is 0.191 e. The molecule has 0 radical (unpaired) electrons. The average molecular weight is 429 g/mol. The summed E-state index contributed by atoms with van der Waals surface area (Å²) in [5, 5.41) is 8.84. The number of nitrogens with one attached hydrogen (secondary N) is 2. The minimum atomic E-state index is 0. The second-order valence-corrected chi connectivity index (χ2v) is 6.14. The van der Waals surface area contributed by atoms with Gasteiger partial charge in [-0.15, -0.1) is 35.3 Å². The molecule has 0 unspecified atom stereocenters. The zero-order chi connectivity index (χ0) is 15.1. The van der Waals surface area contributed by atoms with Crippen molar-refractivity contribution in [3.8, 4) is 0 Å². The molecule has 1 heterocycles. The van der Waals surface area contributed by atoms with Gasteiger partial charge in [-0.1, -0.05) is 29.8 Å². The number of aliphatic imine (C=N–C) groups is 1. The predicted molar refractivity (Wildman–Crippen MR) is 108 cm³/mol. The van der Waals surface area contributed by atoms with Gasteiger partial charge in [-0.2, -0.15) is 0 Å². The predicted octanol–water partition coefficient (Wildman–Crippen LogP) is 3.89. The summed E-state index contributed by atoms with van der Waals surface area (Å²) < 4.78 is 0. The highest BCUT2D eigenvalue weighted by Gasteiger charge is 2.01. The van der Waals surface area contributed by atoms with E-state index in [4.69, 9.17) is 0 Å². The second-order valence-electron chi connectivity index (χ2n) is 5.11. The summed E-state index contributed by atoms with van der Waals surface area (Å²) in [6.07, 6.45) is 1.03. The van der Waals surface area contributed by atoms with Crippen LogP contribution in [0.25, 0.3) is 0 Å². The standard InChI is InChI=1S/C17H23N3S.HI/c1-13-6-7-15(14(2)11-13)12-20-17(18-3)19-9-8-16-5-4-10-21-16;/h4-7,10-11H,8-9,12H2,1-3H3,(H2,18,19,20);1H. The Morgan fingerprint density at radius 3 is 2.64 bits per heavy atom. The number of aryl methyl sites for hydroxylation is 2. The normalized spacial score (nSPS) is 11.0. The third kappa shape index (κ3) is 5.96. The largest absolute Gasteiger partial charge is 0.356 e. The van der Waals surface area contributed by atoms with E-state index in [9.17, 15) is 0 Å². The van der Waals surface area contributed by atoms with Crippen molar-refractivity contribution in [2.45, 2.75) is 26.8 Å². The van der Waals surface area contributed by atoms with E-state index in [-0.39, 0.29) is 24.0 Å². The van der Waals surface area contributed by atoms with E-state index in [0.717, 1.165) is 25.5 Å². The average Bonchev–Trinajstić information content (AvgIpc) is 2.97. The first-order valence-electron chi connectivity index (χ1n) is 7.22. The van der Waals surface area contributed by atoms with Crippen molar-refractivity contribution in [3.63, 3.8) is 0 Å². The first kappa shape index (κ1) is 19.0. The van der Waals surface area contributed by atoms with E-state index in [1.807, 2.05) is 7.05 Å². The van der Waals surface area contributed by atoms with Gasteiger partial charge in [0.05, 0.1) is 0 Å². The number of guanidine groups is 1. The molecule has 0 aliphatic carbocycles. The van der Waals surface area contributed by atoms with Gasteiger partial charge in [-0.05, 0) is 42.8 Å². The van der Waals surface area contributed by atoms with Crippen molar-refractivity contribution in [1.82, 2.24) is 10.6 Å². The molecule has 0 saturated carbocycles. The summed E-state index contributed by atoms with van der Waals surface area (Å²) in [7, 11) is 1.81. The minimum Gasteiger partial charge on any atom is -0.356 e. The molecular formula is C17H24IN3S. The molecule has 22 heavy (non-hydrogen) atoms. The maximum absolute atomic E-state index is 4.27. The second kappa shape index (κ2) is 9.84. The Morgan fingerprint density at radius 2 is 2.00 bits per heavy atom. The molecule has 120 valence electrons. The number of nitrogens with zero attached hydrogens (tertiary/aromatic N) is 1. The Bertz CT molecular complexity index is 594. The van der Waals surface area contributed by atoms with Gasteiger partial charge in [-0.3, -0.25) is 4.99 Å². The van der Waals surface area contributed by atoms with Gasteiger partial charge in [0, 0.05) is 25.0 Å². The van der Waals surface area contributed by atoms with E-state index >= 15 is 0 Å². The zero-order valence-corrected chi connectivity index (χ0v) is 16.5. The lowest BCUT2D eigenvalue weighted by atomic mass is 10.1. The van der Waals surface area contributed by atoms with Crippen LogP contribution >= 0.6 is 35.3 Å². The highest BCUT2D eigenvalue weighted by molar-refractivity contribution is 14.0. The molecular weight excluding hydrogens is 405 g/mol. The molecule has 0 bridgehead atoms. The molecule has 0 fully saturated rings. The fourth-order valence-corrected chi connectivity index (χ4v) is 2.91. The third-order valence-electron chi connectivity index (χ3n) is 3.41. The molecule has 5 heteroatoms. The lowest BCUT2D eigenvalue weighted by Crippen LogP contribution is -2.37. The molecule has 0 spiro atoms. The van der Waals surface area contributed by atoms with E-state index in [1.165, 1.54) is 21.6 Å². The monoisotopic (exact) mass is 429 g/mol. The summed E-state index contributed by atoms with van der Waals surface area (Å²) >= 11 is 1.80. The highest BCUT2D eigenvalue weighted by atomic mass is 127. The van der Waals surface area contributed by atoms with Gasteiger partial charge in [0.1, 0.15) is 0 Å². The van der Waals surface area contributed by atoms with E-state index in [2.05, 4.69) is 65.2 Å². The number of hydrogen-bond donors (Lipinski definition) is 2. The molecule has 0 aliphatic rings. The Labute approximate surface area is 154 Å². The van der Waals surface area contributed by atoms with Crippen LogP contribution in [0, 0.1) is 13.8 Å². The smallest absolute Gasteiger partial charge is 0.191 e. The number of thiophene rings is 1. The Hall–Kier alpha value is -1.08. The molecule has 2 N–H and O–H groups in total. The summed E-state index contributed by atoms with van der Waals surface area (Å²) in [5.41, 5.74) is 3.92. The Kier molecular flexibility index (Phi) is 8.48. The van der Waals surface area contributed by atoms with Crippen LogP contribution in [0.3, 0.4) is 0 Å². The SMILES string of the molecule is CN=C(NCCc1cccs1)NCc1ccc(C)cc1C.I. The summed E-state index contributed by atoms with van der Waals surface area (Å²) in [5.74, 6) is 0.853. The maximum atomic E-state index is 4.27. The molecule has 2 rings (SSSR count). The number of rotatable bonds is 5. The van der Waals surface area contributed by atoms with Crippen molar-refractivity contribution in [2.75, 3.05) is 13.6 Å². The third-order valence-corrected chi connectivity index (χ3v) is 4.35. The van der Waals surface area contributed by atoms with Crippen LogP contribution in [0.4, 0.5) is 0 Å². The minimum absolute atomic E-state index is 0. The van der Waals surface area contributed by atoms with Crippen LogP contribution < -0.4 is 10.6 Å². The summed E-state index contributed by atoms with van der Waals surface area (Å²) in [4.78, 5) is 5.66. The van der Waals surface area contributed by atoms with Crippen LogP contribution in [0.5, 0.6) is 0 Å². The lowest BCUT2D eigenvalue weighted by Gasteiger charge is -2.13. The van der Waals surface area contributed by atoms with Crippen LogP contribution in [-0.2, 0) is 13.0 Å². The fraction of sp³-hybridized carbons (Fsp3) is 0.353. The summed E-state index contributed by atoms with van der Waals surface area (Å²) in [6.45, 7) is 5.96. The van der Waals surface area contributed by atoms with Crippen molar-refractivity contribution < 1.29 is 0 Å². The fourth-order valence-electron chi connectivity index (χ4n) is 2.20. The molecule has 1 aromatic carbocycles. The van der Waals surface area contributed by atoms with Crippen molar-refractivity contribution in [1.29, 1.82) is 0 Å². The lowest BCUT2D eigenvalue weighted by molar-refractivity contribution is 0.796. The van der Waals surface area contributed by atoms with Gasteiger partial charge < -0.3 is 10.6 Å². The van der Waals surface area contributed by atoms with Crippen LogP contribution in [0.1, 0.15) is 21.6 Å². The summed E-state index contributed by atoms with van der Waals surface area (Å²) in [6, 6.07) is 10.8. The topological polar surface area (TPSA) is 36.4 Å². The van der Waals surface area contributed by atoms with E-state index in [0.29, 0.717) is 0 Å². The molecule has 0 atom stereocenters. The van der Waals surface area contributed by atoms with Crippen molar-refractivity contribution >= 4 is 41.3 Å². The molecule has 2 aromatic rings. The number of halogens is 1. The van der Waals surface area contributed by atoms with Crippen molar-refractivity contribution in [3.05, 3.63) is 57.3 Å². The molecule has 3 nitrogen and oxygen atoms in total. The molecule has 0 amide bonds. The molecule has 1 aromatic heterocycles.